The number of benzene rings is 1. The molecule has 0 amide bonds. The summed E-state index contributed by atoms with van der Waals surface area (Å²) in [6.07, 6.45) is 5.76. The Bertz CT molecular complexity index is 605. The first-order valence-electron chi connectivity index (χ1n) is 7.08. The van der Waals surface area contributed by atoms with Crippen LogP contribution in [0.1, 0.15) is 11.3 Å². The van der Waals surface area contributed by atoms with E-state index in [9.17, 15) is 0 Å². The number of hydrogen-bond acceptors (Lipinski definition) is 4. The number of nitrogens with zero attached hydrogens (tertiary/aromatic N) is 1. The summed E-state index contributed by atoms with van der Waals surface area (Å²) < 4.78 is 16.4. The molecule has 1 aromatic carbocycles. The van der Waals surface area contributed by atoms with E-state index in [0.717, 1.165) is 30.3 Å². The Labute approximate surface area is 124 Å². The maximum absolute atomic E-state index is 5.61. The maximum atomic E-state index is 5.61. The summed E-state index contributed by atoms with van der Waals surface area (Å²) in [4.78, 5) is 2.23. The molecule has 1 aliphatic heterocycles. The average molecular weight is 285 g/mol. The van der Waals surface area contributed by atoms with E-state index in [1.54, 1.807) is 6.26 Å². The number of ether oxygens (including phenoxy) is 2. The monoisotopic (exact) mass is 285 g/mol. The highest BCUT2D eigenvalue weighted by atomic mass is 16.6. The zero-order valence-corrected chi connectivity index (χ0v) is 12.1. The Morgan fingerprint density at radius 3 is 2.81 bits per heavy atom. The molecule has 0 N–H and O–H groups in total. The van der Waals surface area contributed by atoms with E-state index in [-0.39, 0.29) is 0 Å². The van der Waals surface area contributed by atoms with Crippen LogP contribution in [0.4, 0.5) is 0 Å². The molecule has 0 fully saturated rings. The van der Waals surface area contributed by atoms with Crippen LogP contribution < -0.4 is 9.47 Å². The molecule has 21 heavy (non-hydrogen) atoms. The average Bonchev–Trinajstić information content (AvgIpc) is 3.00. The summed E-state index contributed by atoms with van der Waals surface area (Å²) in [5, 5.41) is 0. The van der Waals surface area contributed by atoms with Crippen LogP contribution in [0.2, 0.25) is 0 Å². The molecule has 2 heterocycles. The molecule has 4 nitrogen and oxygen atoms in total. The summed E-state index contributed by atoms with van der Waals surface area (Å²) >= 11 is 0. The summed E-state index contributed by atoms with van der Waals surface area (Å²) in [5.74, 6) is 2.56. The van der Waals surface area contributed by atoms with E-state index in [4.69, 9.17) is 13.9 Å². The zero-order chi connectivity index (χ0) is 14.5. The fourth-order valence-electron chi connectivity index (χ4n) is 2.30. The second-order valence-corrected chi connectivity index (χ2v) is 5.09. The van der Waals surface area contributed by atoms with Gasteiger partial charge < -0.3 is 13.9 Å². The van der Waals surface area contributed by atoms with Crippen LogP contribution in [0.25, 0.3) is 6.08 Å². The van der Waals surface area contributed by atoms with Crippen molar-refractivity contribution in [1.82, 2.24) is 4.90 Å². The molecule has 1 aromatic heterocycles. The Balaban J connectivity index is 1.56. The molecule has 0 radical (unpaired) electrons. The third kappa shape index (κ3) is 3.67. The number of hydrogen-bond donors (Lipinski definition) is 0. The van der Waals surface area contributed by atoms with E-state index in [1.807, 2.05) is 24.3 Å². The Morgan fingerprint density at radius 2 is 2.00 bits per heavy atom. The van der Waals surface area contributed by atoms with Gasteiger partial charge in [0.15, 0.2) is 11.5 Å². The molecule has 2 aromatic rings. The van der Waals surface area contributed by atoms with Crippen LogP contribution >= 0.6 is 0 Å². The molecule has 0 saturated carbocycles. The van der Waals surface area contributed by atoms with E-state index >= 15 is 0 Å². The molecule has 4 heteroatoms. The van der Waals surface area contributed by atoms with Gasteiger partial charge in [-0.05, 0) is 43.0 Å². The SMILES string of the molecule is CN(CC=Cc1ccco1)Cc1ccc2c(c1)OCCO2. The molecule has 0 atom stereocenters. The van der Waals surface area contributed by atoms with Gasteiger partial charge in [0.1, 0.15) is 19.0 Å². The lowest BCUT2D eigenvalue weighted by molar-refractivity contribution is 0.171. The van der Waals surface area contributed by atoms with Crippen LogP contribution in [0.3, 0.4) is 0 Å². The van der Waals surface area contributed by atoms with Crippen molar-refractivity contribution in [1.29, 1.82) is 0 Å². The first-order chi connectivity index (χ1) is 10.3. The van der Waals surface area contributed by atoms with Gasteiger partial charge in [-0.15, -0.1) is 0 Å². The first kappa shape index (κ1) is 13.8. The summed E-state index contributed by atoms with van der Waals surface area (Å²) in [7, 11) is 2.09. The molecule has 0 unspecified atom stereocenters. The lowest BCUT2D eigenvalue weighted by Gasteiger charge is -2.20. The molecular weight excluding hydrogens is 266 g/mol. The minimum Gasteiger partial charge on any atom is -0.486 e. The highest BCUT2D eigenvalue weighted by molar-refractivity contribution is 5.44. The van der Waals surface area contributed by atoms with Crippen LogP contribution in [0.15, 0.2) is 47.1 Å². The van der Waals surface area contributed by atoms with Gasteiger partial charge >= 0.3 is 0 Å². The molecule has 110 valence electrons. The van der Waals surface area contributed by atoms with Crippen LogP contribution in [-0.4, -0.2) is 31.7 Å². The predicted octanol–water partition coefficient (Wildman–Crippen LogP) is 3.20. The largest absolute Gasteiger partial charge is 0.486 e. The van der Waals surface area contributed by atoms with Crippen molar-refractivity contribution >= 4 is 6.08 Å². The Hall–Kier alpha value is -2.20. The Kier molecular flexibility index (Phi) is 4.26. The number of likely N-dealkylation sites (N-methyl/N-ethyl adjacent to an activating group) is 1. The van der Waals surface area contributed by atoms with Gasteiger partial charge in [0.05, 0.1) is 6.26 Å². The molecule has 0 bridgehead atoms. The zero-order valence-electron chi connectivity index (χ0n) is 12.1. The second kappa shape index (κ2) is 6.50. The van der Waals surface area contributed by atoms with E-state index < -0.39 is 0 Å². The Morgan fingerprint density at radius 1 is 1.14 bits per heavy atom. The second-order valence-electron chi connectivity index (χ2n) is 5.09. The minimum atomic E-state index is 0.623. The smallest absolute Gasteiger partial charge is 0.161 e. The van der Waals surface area contributed by atoms with Crippen molar-refractivity contribution in [2.45, 2.75) is 6.54 Å². The maximum Gasteiger partial charge on any atom is 0.161 e. The topological polar surface area (TPSA) is 34.8 Å². The standard InChI is InChI=1S/C17H19NO3/c1-18(8-2-4-15-5-3-9-19-15)13-14-6-7-16-17(12-14)21-11-10-20-16/h2-7,9,12H,8,10-11,13H2,1H3. The number of furan rings is 1. The van der Waals surface area contributed by atoms with Gasteiger partial charge in [0.25, 0.3) is 0 Å². The molecular formula is C17H19NO3. The fourth-order valence-corrected chi connectivity index (χ4v) is 2.30. The van der Waals surface area contributed by atoms with Crippen LogP contribution in [-0.2, 0) is 6.54 Å². The van der Waals surface area contributed by atoms with Crippen molar-refractivity contribution in [3.63, 3.8) is 0 Å². The highest BCUT2D eigenvalue weighted by Gasteiger charge is 2.12. The predicted molar refractivity (Wildman–Crippen MR) is 81.5 cm³/mol. The van der Waals surface area contributed by atoms with Crippen LogP contribution in [0, 0.1) is 0 Å². The molecule has 0 saturated heterocycles. The summed E-state index contributed by atoms with van der Waals surface area (Å²) in [6, 6.07) is 9.95. The van der Waals surface area contributed by atoms with Crippen LogP contribution in [0.5, 0.6) is 11.5 Å². The van der Waals surface area contributed by atoms with Gasteiger partial charge in [-0.1, -0.05) is 12.1 Å². The van der Waals surface area contributed by atoms with E-state index in [1.165, 1.54) is 5.56 Å². The van der Waals surface area contributed by atoms with Crippen molar-refractivity contribution in [2.75, 3.05) is 26.8 Å². The van der Waals surface area contributed by atoms with Crippen molar-refractivity contribution < 1.29 is 13.9 Å². The van der Waals surface area contributed by atoms with Gasteiger partial charge in [0.2, 0.25) is 0 Å². The molecule has 0 aliphatic carbocycles. The molecule has 3 rings (SSSR count). The van der Waals surface area contributed by atoms with E-state index in [0.29, 0.717) is 13.2 Å². The van der Waals surface area contributed by atoms with Gasteiger partial charge in [-0.25, -0.2) is 0 Å². The molecule has 1 aliphatic rings. The van der Waals surface area contributed by atoms with Gasteiger partial charge in [-0.2, -0.15) is 0 Å². The molecule has 0 spiro atoms. The third-order valence-corrected chi connectivity index (χ3v) is 3.30. The quantitative estimate of drug-likeness (QED) is 0.845. The van der Waals surface area contributed by atoms with E-state index in [2.05, 4.69) is 30.2 Å². The van der Waals surface area contributed by atoms with Gasteiger partial charge in [0, 0.05) is 13.1 Å². The van der Waals surface area contributed by atoms with Crippen molar-refractivity contribution in [3.8, 4) is 11.5 Å². The van der Waals surface area contributed by atoms with Gasteiger partial charge in [-0.3, -0.25) is 4.90 Å². The number of rotatable bonds is 5. The highest BCUT2D eigenvalue weighted by Crippen LogP contribution is 2.30. The first-order valence-corrected chi connectivity index (χ1v) is 7.08. The lowest BCUT2D eigenvalue weighted by atomic mass is 10.2. The summed E-state index contributed by atoms with van der Waals surface area (Å²) in [6.45, 7) is 2.97. The lowest BCUT2D eigenvalue weighted by Crippen LogP contribution is -2.19. The summed E-state index contributed by atoms with van der Waals surface area (Å²) in [5.41, 5.74) is 1.22. The normalized spacial score (nSPS) is 14.0. The van der Waals surface area contributed by atoms with Crippen molar-refractivity contribution in [2.24, 2.45) is 0 Å². The fraction of sp³-hybridized carbons (Fsp3) is 0.294. The minimum absolute atomic E-state index is 0.623. The van der Waals surface area contributed by atoms with Crippen molar-refractivity contribution in [3.05, 3.63) is 54.0 Å². The number of fused-ring (bicyclic) bond motifs is 1. The third-order valence-electron chi connectivity index (χ3n) is 3.30.